The van der Waals surface area contributed by atoms with Crippen LogP contribution >= 0.6 is 34.5 Å². The topological polar surface area (TPSA) is 41.1 Å². The second-order valence-electron chi connectivity index (χ2n) is 5.38. The zero-order chi connectivity index (χ0) is 14.6. The first-order chi connectivity index (χ1) is 10.1. The van der Waals surface area contributed by atoms with E-state index in [1.54, 1.807) is 11.3 Å². The molecule has 1 unspecified atom stereocenters. The van der Waals surface area contributed by atoms with Crippen molar-refractivity contribution in [1.82, 2.24) is 0 Å². The number of hydrogen-bond acceptors (Lipinski definition) is 3. The molecule has 0 spiro atoms. The molecular formula is C15H12Cl2N2OS. The smallest absolute Gasteiger partial charge is 0.228 e. The fourth-order valence-corrected chi connectivity index (χ4v) is 4.60. The highest BCUT2D eigenvalue weighted by Gasteiger charge is 2.26. The molecule has 2 N–H and O–H groups in total. The van der Waals surface area contributed by atoms with Gasteiger partial charge in [0, 0.05) is 10.6 Å². The zero-order valence-corrected chi connectivity index (χ0v) is 13.3. The lowest BCUT2D eigenvalue weighted by atomic mass is 10.1. The molecule has 4 rings (SSSR count). The summed E-state index contributed by atoms with van der Waals surface area (Å²) in [5.74, 6) is 0.0194. The maximum Gasteiger partial charge on any atom is 0.228 e. The summed E-state index contributed by atoms with van der Waals surface area (Å²) < 4.78 is 0.835. The van der Waals surface area contributed by atoms with Crippen molar-refractivity contribution in [3.8, 4) is 0 Å². The third kappa shape index (κ3) is 2.31. The molecule has 21 heavy (non-hydrogen) atoms. The van der Waals surface area contributed by atoms with E-state index in [2.05, 4.69) is 10.6 Å². The van der Waals surface area contributed by atoms with E-state index < -0.39 is 0 Å². The number of fused-ring (bicyclic) bond motifs is 2. The summed E-state index contributed by atoms with van der Waals surface area (Å²) in [4.78, 5) is 12.8. The van der Waals surface area contributed by atoms with E-state index in [4.69, 9.17) is 23.2 Å². The zero-order valence-electron chi connectivity index (χ0n) is 11.0. The van der Waals surface area contributed by atoms with E-state index in [1.165, 1.54) is 10.4 Å². The number of halogens is 2. The highest BCUT2D eigenvalue weighted by Crippen LogP contribution is 2.42. The summed E-state index contributed by atoms with van der Waals surface area (Å²) in [7, 11) is 0. The maximum atomic E-state index is 11.4. The standard InChI is InChI=1S/C15H12Cl2N2OS/c16-9-6-11-7(4-15(20)19-11)3-12(9)18-10-1-2-13-8(10)5-14(17)21-13/h3,5-6,10,18H,1-2,4H2,(H,19,20). The summed E-state index contributed by atoms with van der Waals surface area (Å²) in [5.41, 5.74) is 3.97. The molecule has 1 amide bonds. The highest BCUT2D eigenvalue weighted by molar-refractivity contribution is 7.16. The van der Waals surface area contributed by atoms with E-state index >= 15 is 0 Å². The van der Waals surface area contributed by atoms with Gasteiger partial charge in [-0.25, -0.2) is 0 Å². The minimum absolute atomic E-state index is 0.0194. The van der Waals surface area contributed by atoms with Crippen LogP contribution in [0, 0.1) is 0 Å². The van der Waals surface area contributed by atoms with E-state index in [0.29, 0.717) is 11.4 Å². The quantitative estimate of drug-likeness (QED) is 0.836. The van der Waals surface area contributed by atoms with Crippen LogP contribution in [-0.4, -0.2) is 5.91 Å². The van der Waals surface area contributed by atoms with Crippen LogP contribution in [0.3, 0.4) is 0 Å². The average Bonchev–Trinajstić information content (AvgIpc) is 3.05. The normalized spacial score (nSPS) is 19.3. The number of nitrogens with one attached hydrogen (secondary N) is 2. The molecule has 1 atom stereocenters. The Morgan fingerprint density at radius 3 is 3.00 bits per heavy atom. The summed E-state index contributed by atoms with van der Waals surface area (Å²) in [6, 6.07) is 6.07. The monoisotopic (exact) mass is 338 g/mol. The van der Waals surface area contributed by atoms with E-state index in [1.807, 2.05) is 18.2 Å². The lowest BCUT2D eigenvalue weighted by molar-refractivity contribution is -0.115. The van der Waals surface area contributed by atoms with Gasteiger partial charge in [-0.1, -0.05) is 23.2 Å². The van der Waals surface area contributed by atoms with Gasteiger partial charge in [0.2, 0.25) is 5.91 Å². The molecule has 1 aliphatic heterocycles. The van der Waals surface area contributed by atoms with Gasteiger partial charge >= 0.3 is 0 Å². The fraction of sp³-hybridized carbons (Fsp3) is 0.267. The van der Waals surface area contributed by atoms with Gasteiger partial charge in [0.15, 0.2) is 0 Å². The Kier molecular flexibility index (Phi) is 3.14. The number of amides is 1. The lowest BCUT2D eigenvalue weighted by Gasteiger charge is -2.17. The second kappa shape index (κ2) is 4.90. The minimum atomic E-state index is 0.0194. The van der Waals surface area contributed by atoms with Gasteiger partial charge in [0.05, 0.1) is 27.5 Å². The Labute approximate surface area is 136 Å². The van der Waals surface area contributed by atoms with Crippen molar-refractivity contribution in [1.29, 1.82) is 0 Å². The van der Waals surface area contributed by atoms with Crippen LogP contribution in [0.15, 0.2) is 18.2 Å². The number of aryl methyl sites for hydroxylation is 1. The van der Waals surface area contributed by atoms with Crippen LogP contribution in [-0.2, 0) is 17.6 Å². The first-order valence-corrected chi connectivity index (χ1v) is 8.34. The SMILES string of the molecule is O=C1Cc2cc(NC3CCc4sc(Cl)cc43)c(Cl)cc2N1. The molecule has 1 aromatic heterocycles. The lowest BCUT2D eigenvalue weighted by Crippen LogP contribution is -2.07. The predicted octanol–water partition coefficient (Wildman–Crippen LogP) is 4.65. The summed E-state index contributed by atoms with van der Waals surface area (Å²) in [6.45, 7) is 0. The Bertz CT molecular complexity index is 756. The second-order valence-corrected chi connectivity index (χ2v) is 7.55. The van der Waals surface area contributed by atoms with Crippen LogP contribution in [0.25, 0.3) is 0 Å². The maximum absolute atomic E-state index is 11.4. The van der Waals surface area contributed by atoms with Crippen molar-refractivity contribution < 1.29 is 4.79 Å². The van der Waals surface area contributed by atoms with Crippen molar-refractivity contribution in [2.75, 3.05) is 10.6 Å². The Balaban J connectivity index is 1.64. The van der Waals surface area contributed by atoms with Crippen LogP contribution in [0.5, 0.6) is 0 Å². The molecule has 0 radical (unpaired) electrons. The summed E-state index contributed by atoms with van der Waals surface area (Å²) in [6.07, 6.45) is 2.51. The number of hydrogen-bond donors (Lipinski definition) is 2. The van der Waals surface area contributed by atoms with E-state index in [9.17, 15) is 4.79 Å². The van der Waals surface area contributed by atoms with Gasteiger partial charge in [-0.05, 0) is 42.2 Å². The molecule has 0 saturated carbocycles. The Morgan fingerprint density at radius 1 is 1.29 bits per heavy atom. The highest BCUT2D eigenvalue weighted by atomic mass is 35.5. The minimum Gasteiger partial charge on any atom is -0.377 e. The molecule has 2 aromatic rings. The van der Waals surface area contributed by atoms with Crippen LogP contribution in [0.4, 0.5) is 11.4 Å². The Morgan fingerprint density at radius 2 is 2.14 bits per heavy atom. The number of benzene rings is 1. The van der Waals surface area contributed by atoms with Crippen molar-refractivity contribution in [3.63, 3.8) is 0 Å². The summed E-state index contributed by atoms with van der Waals surface area (Å²) in [5, 5.41) is 6.94. The van der Waals surface area contributed by atoms with Crippen molar-refractivity contribution in [3.05, 3.63) is 43.6 Å². The molecule has 6 heteroatoms. The van der Waals surface area contributed by atoms with Gasteiger partial charge in [-0.3, -0.25) is 4.79 Å². The number of thiophene rings is 1. The van der Waals surface area contributed by atoms with Crippen LogP contribution in [0.2, 0.25) is 9.36 Å². The predicted molar refractivity (Wildman–Crippen MR) is 87.8 cm³/mol. The van der Waals surface area contributed by atoms with Gasteiger partial charge in [0.1, 0.15) is 0 Å². The molecule has 1 aliphatic carbocycles. The van der Waals surface area contributed by atoms with Crippen LogP contribution in [0.1, 0.15) is 28.5 Å². The number of carbonyl (C=O) groups is 1. The average molecular weight is 339 g/mol. The van der Waals surface area contributed by atoms with Crippen molar-refractivity contribution >= 4 is 51.8 Å². The van der Waals surface area contributed by atoms with Gasteiger partial charge in [-0.15, -0.1) is 11.3 Å². The molecular weight excluding hydrogens is 327 g/mol. The van der Waals surface area contributed by atoms with Crippen molar-refractivity contribution in [2.24, 2.45) is 0 Å². The van der Waals surface area contributed by atoms with Gasteiger partial charge in [-0.2, -0.15) is 0 Å². The molecule has 0 saturated heterocycles. The van der Waals surface area contributed by atoms with Gasteiger partial charge in [0.25, 0.3) is 0 Å². The molecule has 108 valence electrons. The molecule has 1 aromatic carbocycles. The fourth-order valence-electron chi connectivity index (χ4n) is 3.03. The number of rotatable bonds is 2. The molecule has 3 nitrogen and oxygen atoms in total. The molecule has 2 heterocycles. The van der Waals surface area contributed by atoms with Crippen molar-refractivity contribution in [2.45, 2.75) is 25.3 Å². The number of anilines is 2. The van der Waals surface area contributed by atoms with E-state index in [0.717, 1.165) is 34.1 Å². The third-order valence-electron chi connectivity index (χ3n) is 3.99. The number of carbonyl (C=O) groups excluding carboxylic acids is 1. The molecule has 0 fully saturated rings. The third-order valence-corrected chi connectivity index (χ3v) is 5.65. The molecule has 0 bridgehead atoms. The summed E-state index contributed by atoms with van der Waals surface area (Å²) >= 11 is 14.1. The van der Waals surface area contributed by atoms with E-state index in [-0.39, 0.29) is 11.9 Å². The van der Waals surface area contributed by atoms with Gasteiger partial charge < -0.3 is 10.6 Å². The Hall–Kier alpha value is -1.23. The first kappa shape index (κ1) is 13.4. The largest absolute Gasteiger partial charge is 0.377 e. The first-order valence-electron chi connectivity index (χ1n) is 6.77. The molecule has 2 aliphatic rings. The van der Waals surface area contributed by atoms with Crippen LogP contribution < -0.4 is 10.6 Å².